The minimum absolute atomic E-state index is 0.0622. The Kier molecular flexibility index (Phi) is 4.11. The molecule has 0 saturated carbocycles. The SMILES string of the molecule is O=[N+]([O-])c1cccc(Cn2cnc(S(=O)(=O)Cl)c2)c1Br. The molecule has 0 spiro atoms. The summed E-state index contributed by atoms with van der Waals surface area (Å²) in [4.78, 5) is 14.0. The van der Waals surface area contributed by atoms with Crippen LogP contribution in [0.4, 0.5) is 5.69 Å². The third kappa shape index (κ3) is 3.17. The van der Waals surface area contributed by atoms with E-state index in [9.17, 15) is 18.5 Å². The minimum atomic E-state index is -3.89. The maximum absolute atomic E-state index is 11.1. The van der Waals surface area contributed by atoms with Crippen LogP contribution in [0, 0.1) is 10.1 Å². The van der Waals surface area contributed by atoms with Crippen molar-refractivity contribution >= 4 is 41.4 Å². The molecule has 20 heavy (non-hydrogen) atoms. The third-order valence-corrected chi connectivity index (χ3v) is 4.57. The van der Waals surface area contributed by atoms with Crippen molar-refractivity contribution in [3.05, 3.63) is 50.9 Å². The van der Waals surface area contributed by atoms with E-state index in [1.54, 1.807) is 12.1 Å². The standard InChI is InChI=1S/C10H7BrClN3O4S/c11-10-7(2-1-3-8(10)15(16)17)4-14-5-9(13-6-14)20(12,18)19/h1-3,5-6H,4H2. The highest BCUT2D eigenvalue weighted by Crippen LogP contribution is 2.28. The van der Waals surface area contributed by atoms with Crippen LogP contribution in [0.1, 0.15) is 5.56 Å². The summed E-state index contributed by atoms with van der Waals surface area (Å²) in [6.07, 6.45) is 2.55. The van der Waals surface area contributed by atoms with Crippen LogP contribution in [0.2, 0.25) is 0 Å². The average Bonchev–Trinajstić information content (AvgIpc) is 2.80. The van der Waals surface area contributed by atoms with Gasteiger partial charge in [-0.3, -0.25) is 10.1 Å². The molecule has 0 saturated heterocycles. The Morgan fingerprint density at radius 1 is 1.45 bits per heavy atom. The van der Waals surface area contributed by atoms with Gasteiger partial charge in [0, 0.05) is 29.5 Å². The van der Waals surface area contributed by atoms with Crippen molar-refractivity contribution in [1.82, 2.24) is 9.55 Å². The van der Waals surface area contributed by atoms with E-state index in [1.165, 1.54) is 23.2 Å². The maximum atomic E-state index is 11.1. The minimum Gasteiger partial charge on any atom is -0.332 e. The van der Waals surface area contributed by atoms with Crippen LogP contribution in [0.15, 0.2) is 40.2 Å². The Morgan fingerprint density at radius 3 is 2.70 bits per heavy atom. The zero-order valence-electron chi connectivity index (χ0n) is 9.73. The highest BCUT2D eigenvalue weighted by atomic mass is 79.9. The van der Waals surface area contributed by atoms with Gasteiger partial charge in [-0.2, -0.15) is 0 Å². The van der Waals surface area contributed by atoms with Crippen molar-refractivity contribution in [2.24, 2.45) is 0 Å². The van der Waals surface area contributed by atoms with Crippen LogP contribution >= 0.6 is 26.6 Å². The molecule has 1 aromatic carbocycles. The summed E-state index contributed by atoms with van der Waals surface area (Å²) in [6, 6.07) is 4.61. The molecule has 0 bridgehead atoms. The van der Waals surface area contributed by atoms with Crippen LogP contribution in [0.5, 0.6) is 0 Å². The molecule has 0 aliphatic heterocycles. The summed E-state index contributed by atoms with van der Waals surface area (Å²) in [5, 5.41) is 10.6. The number of nitro groups is 1. The predicted octanol–water partition coefficient (Wildman–Crippen LogP) is 2.53. The number of aromatic nitrogens is 2. The molecule has 0 aliphatic carbocycles. The molecular formula is C10H7BrClN3O4S. The number of nitro benzene ring substituents is 1. The molecule has 0 aliphatic rings. The zero-order valence-corrected chi connectivity index (χ0v) is 12.9. The number of hydrogen-bond acceptors (Lipinski definition) is 5. The van der Waals surface area contributed by atoms with Crippen LogP contribution in [0.25, 0.3) is 0 Å². The first-order chi connectivity index (χ1) is 9.29. The van der Waals surface area contributed by atoms with Gasteiger partial charge in [-0.25, -0.2) is 13.4 Å². The van der Waals surface area contributed by atoms with Gasteiger partial charge in [-0.05, 0) is 21.5 Å². The summed E-state index contributed by atoms with van der Waals surface area (Å²) in [5.74, 6) is 0. The Bertz CT molecular complexity index is 775. The quantitative estimate of drug-likeness (QED) is 0.461. The fourth-order valence-corrected chi connectivity index (χ4v) is 2.79. The van der Waals surface area contributed by atoms with Crippen molar-refractivity contribution in [3.8, 4) is 0 Å². The molecule has 0 unspecified atom stereocenters. The molecule has 0 atom stereocenters. The van der Waals surface area contributed by atoms with E-state index in [2.05, 4.69) is 20.9 Å². The first kappa shape index (κ1) is 14.9. The van der Waals surface area contributed by atoms with Crippen LogP contribution in [-0.2, 0) is 15.6 Å². The first-order valence-electron chi connectivity index (χ1n) is 5.17. The number of halogens is 2. The Balaban J connectivity index is 2.34. The summed E-state index contributed by atoms with van der Waals surface area (Å²) in [5.41, 5.74) is 0.558. The second kappa shape index (κ2) is 5.51. The number of hydrogen-bond donors (Lipinski definition) is 0. The maximum Gasteiger partial charge on any atom is 0.283 e. The van der Waals surface area contributed by atoms with Gasteiger partial charge in [0.25, 0.3) is 14.7 Å². The first-order valence-corrected chi connectivity index (χ1v) is 8.27. The lowest BCUT2D eigenvalue weighted by atomic mass is 10.2. The summed E-state index contributed by atoms with van der Waals surface area (Å²) in [7, 11) is 1.29. The van der Waals surface area contributed by atoms with E-state index in [4.69, 9.17) is 10.7 Å². The van der Waals surface area contributed by atoms with Gasteiger partial charge in [0.2, 0.25) is 0 Å². The third-order valence-electron chi connectivity index (χ3n) is 2.47. The molecule has 7 nitrogen and oxygen atoms in total. The molecule has 0 N–H and O–H groups in total. The lowest BCUT2D eigenvalue weighted by Crippen LogP contribution is -2.00. The second-order valence-electron chi connectivity index (χ2n) is 3.83. The fraction of sp³-hybridized carbons (Fsp3) is 0.100. The Morgan fingerprint density at radius 2 is 2.15 bits per heavy atom. The van der Waals surface area contributed by atoms with Gasteiger partial charge < -0.3 is 4.57 Å². The fourth-order valence-electron chi connectivity index (χ4n) is 1.58. The highest BCUT2D eigenvalue weighted by molar-refractivity contribution is 9.10. The van der Waals surface area contributed by atoms with Crippen molar-refractivity contribution in [3.63, 3.8) is 0 Å². The van der Waals surface area contributed by atoms with Crippen LogP contribution in [-0.4, -0.2) is 22.9 Å². The smallest absolute Gasteiger partial charge is 0.283 e. The van der Waals surface area contributed by atoms with Crippen molar-refractivity contribution in [2.75, 3.05) is 0 Å². The zero-order chi connectivity index (χ0) is 14.9. The molecule has 0 amide bonds. The summed E-state index contributed by atoms with van der Waals surface area (Å²) < 4.78 is 24.0. The van der Waals surface area contributed by atoms with E-state index in [-0.39, 0.29) is 17.3 Å². The van der Waals surface area contributed by atoms with E-state index >= 15 is 0 Å². The number of nitrogens with zero attached hydrogens (tertiary/aromatic N) is 3. The normalized spacial score (nSPS) is 11.5. The Labute approximate surface area is 126 Å². The molecular weight excluding hydrogens is 374 g/mol. The van der Waals surface area contributed by atoms with Crippen molar-refractivity contribution < 1.29 is 13.3 Å². The number of rotatable bonds is 4. The second-order valence-corrected chi connectivity index (χ2v) is 7.14. The van der Waals surface area contributed by atoms with Crippen LogP contribution in [0.3, 0.4) is 0 Å². The van der Waals surface area contributed by atoms with Crippen molar-refractivity contribution in [1.29, 1.82) is 0 Å². The summed E-state index contributed by atoms with van der Waals surface area (Å²) in [6.45, 7) is 0.224. The predicted molar refractivity (Wildman–Crippen MR) is 75.2 cm³/mol. The topological polar surface area (TPSA) is 95.1 Å². The molecule has 106 valence electrons. The molecule has 1 aromatic heterocycles. The Hall–Kier alpha value is -1.45. The van der Waals surface area contributed by atoms with E-state index in [0.717, 1.165) is 0 Å². The van der Waals surface area contributed by atoms with Gasteiger partial charge in [0.15, 0.2) is 5.03 Å². The van der Waals surface area contributed by atoms with Gasteiger partial charge in [0.05, 0.1) is 11.3 Å². The van der Waals surface area contributed by atoms with Gasteiger partial charge in [-0.15, -0.1) is 0 Å². The monoisotopic (exact) mass is 379 g/mol. The molecule has 1 heterocycles. The largest absolute Gasteiger partial charge is 0.332 e. The molecule has 0 fully saturated rings. The van der Waals surface area contributed by atoms with Crippen LogP contribution < -0.4 is 0 Å². The van der Waals surface area contributed by atoms with E-state index < -0.39 is 14.0 Å². The summed E-state index contributed by atoms with van der Waals surface area (Å²) >= 11 is 3.17. The van der Waals surface area contributed by atoms with Gasteiger partial charge >= 0.3 is 0 Å². The lowest BCUT2D eigenvalue weighted by molar-refractivity contribution is -0.385. The van der Waals surface area contributed by atoms with E-state index in [0.29, 0.717) is 10.0 Å². The lowest BCUT2D eigenvalue weighted by Gasteiger charge is -2.05. The number of imidazole rings is 1. The molecule has 2 aromatic rings. The van der Waals surface area contributed by atoms with E-state index in [1.807, 2.05) is 0 Å². The highest BCUT2D eigenvalue weighted by Gasteiger charge is 2.17. The van der Waals surface area contributed by atoms with Crippen molar-refractivity contribution in [2.45, 2.75) is 11.6 Å². The molecule has 10 heteroatoms. The molecule has 2 rings (SSSR count). The molecule has 0 radical (unpaired) electrons. The van der Waals surface area contributed by atoms with Gasteiger partial charge in [-0.1, -0.05) is 12.1 Å². The average molecular weight is 381 g/mol. The number of benzene rings is 1. The van der Waals surface area contributed by atoms with Gasteiger partial charge in [0.1, 0.15) is 4.47 Å².